The van der Waals surface area contributed by atoms with Crippen LogP contribution in [0.25, 0.3) is 10.9 Å². The average molecular weight is 280 g/mol. The number of likely N-dealkylation sites (N-methyl/N-ethyl adjacent to an activating group) is 1. The Morgan fingerprint density at radius 2 is 2.21 bits per heavy atom. The third kappa shape index (κ3) is 1.85. The van der Waals surface area contributed by atoms with Gasteiger partial charge in [-0.15, -0.1) is 0 Å². The summed E-state index contributed by atoms with van der Waals surface area (Å²) in [6.07, 6.45) is 0. The Morgan fingerprint density at radius 3 is 2.95 bits per heavy atom. The fourth-order valence-electron chi connectivity index (χ4n) is 2.32. The van der Waals surface area contributed by atoms with Gasteiger partial charge in [0.05, 0.1) is 13.7 Å². The molecule has 2 aromatic rings. The standard InChI is InChI=1S/C13H14ClN3O2/c1-7-15-10-8(13(14)16-7)6-9(18-3)11-12(10)19-5-4-17(11)2/h6H,4-5H2,1-3H3. The van der Waals surface area contributed by atoms with Gasteiger partial charge in [0.2, 0.25) is 0 Å². The van der Waals surface area contributed by atoms with Crippen LogP contribution in [-0.2, 0) is 0 Å². The molecule has 0 saturated carbocycles. The molecule has 0 radical (unpaired) electrons. The second-order valence-corrected chi connectivity index (χ2v) is 4.84. The van der Waals surface area contributed by atoms with Crippen LogP contribution in [0.4, 0.5) is 5.69 Å². The molecule has 0 saturated heterocycles. The van der Waals surface area contributed by atoms with E-state index in [1.54, 1.807) is 7.11 Å². The van der Waals surface area contributed by atoms with Gasteiger partial charge in [0, 0.05) is 12.4 Å². The van der Waals surface area contributed by atoms with Gasteiger partial charge in [-0.3, -0.25) is 0 Å². The minimum Gasteiger partial charge on any atom is -0.494 e. The Bertz CT molecular complexity index is 660. The number of hydrogen-bond acceptors (Lipinski definition) is 5. The second kappa shape index (κ2) is 4.42. The maximum Gasteiger partial charge on any atom is 0.172 e. The minimum atomic E-state index is 0.417. The molecule has 6 heteroatoms. The van der Waals surface area contributed by atoms with Crippen LogP contribution < -0.4 is 14.4 Å². The third-order valence-corrected chi connectivity index (χ3v) is 3.51. The van der Waals surface area contributed by atoms with Crippen LogP contribution in [-0.4, -0.2) is 37.3 Å². The first-order chi connectivity index (χ1) is 9.11. The van der Waals surface area contributed by atoms with Crippen LogP contribution in [0, 0.1) is 6.92 Å². The maximum atomic E-state index is 6.19. The number of anilines is 1. The number of rotatable bonds is 1. The second-order valence-electron chi connectivity index (χ2n) is 4.48. The molecule has 0 spiro atoms. The molecule has 0 unspecified atom stereocenters. The van der Waals surface area contributed by atoms with Crippen molar-refractivity contribution in [2.24, 2.45) is 0 Å². The van der Waals surface area contributed by atoms with E-state index in [1.165, 1.54) is 0 Å². The largest absolute Gasteiger partial charge is 0.494 e. The highest BCUT2D eigenvalue weighted by Gasteiger charge is 2.25. The predicted molar refractivity (Wildman–Crippen MR) is 74.6 cm³/mol. The molecular weight excluding hydrogens is 266 g/mol. The van der Waals surface area contributed by atoms with E-state index in [-0.39, 0.29) is 0 Å². The van der Waals surface area contributed by atoms with Gasteiger partial charge in [-0.1, -0.05) is 11.6 Å². The van der Waals surface area contributed by atoms with E-state index >= 15 is 0 Å². The van der Waals surface area contributed by atoms with E-state index in [9.17, 15) is 0 Å². The molecule has 0 atom stereocenters. The van der Waals surface area contributed by atoms with Crippen molar-refractivity contribution in [3.63, 3.8) is 0 Å². The summed E-state index contributed by atoms with van der Waals surface area (Å²) in [5, 5.41) is 1.17. The fourth-order valence-corrected chi connectivity index (χ4v) is 2.59. The molecule has 19 heavy (non-hydrogen) atoms. The van der Waals surface area contributed by atoms with Crippen LogP contribution in [0.5, 0.6) is 11.5 Å². The molecule has 5 nitrogen and oxygen atoms in total. The van der Waals surface area contributed by atoms with Gasteiger partial charge in [0.15, 0.2) is 5.75 Å². The van der Waals surface area contributed by atoms with Crippen LogP contribution in [0.3, 0.4) is 0 Å². The van der Waals surface area contributed by atoms with Crippen LogP contribution in [0.1, 0.15) is 5.82 Å². The summed E-state index contributed by atoms with van der Waals surface area (Å²) < 4.78 is 11.2. The summed E-state index contributed by atoms with van der Waals surface area (Å²) in [6.45, 7) is 3.24. The van der Waals surface area contributed by atoms with Crippen molar-refractivity contribution < 1.29 is 9.47 Å². The quantitative estimate of drug-likeness (QED) is 0.750. The number of methoxy groups -OCH3 is 1. The average Bonchev–Trinajstić information content (AvgIpc) is 2.38. The van der Waals surface area contributed by atoms with Gasteiger partial charge in [-0.2, -0.15) is 0 Å². The van der Waals surface area contributed by atoms with E-state index in [2.05, 4.69) is 14.9 Å². The van der Waals surface area contributed by atoms with Gasteiger partial charge in [-0.25, -0.2) is 9.97 Å². The number of benzene rings is 1. The lowest BCUT2D eigenvalue weighted by molar-refractivity contribution is 0.309. The lowest BCUT2D eigenvalue weighted by atomic mass is 10.1. The molecule has 0 N–H and O–H groups in total. The summed E-state index contributed by atoms with van der Waals surface area (Å²) in [5.74, 6) is 2.07. The van der Waals surface area contributed by atoms with Crippen molar-refractivity contribution in [1.82, 2.24) is 9.97 Å². The highest BCUT2D eigenvalue weighted by atomic mass is 35.5. The number of hydrogen-bond donors (Lipinski definition) is 0. The van der Waals surface area contributed by atoms with E-state index in [1.807, 2.05) is 20.0 Å². The van der Waals surface area contributed by atoms with Crippen molar-refractivity contribution in [3.05, 3.63) is 17.0 Å². The van der Waals surface area contributed by atoms with Crippen molar-refractivity contribution in [2.75, 3.05) is 32.2 Å². The third-order valence-electron chi connectivity index (χ3n) is 3.22. The summed E-state index contributed by atoms with van der Waals surface area (Å²) in [7, 11) is 3.64. The molecule has 3 rings (SSSR count). The molecule has 0 bridgehead atoms. The first-order valence-corrected chi connectivity index (χ1v) is 6.38. The van der Waals surface area contributed by atoms with E-state index < -0.39 is 0 Å². The smallest absolute Gasteiger partial charge is 0.172 e. The zero-order valence-electron chi connectivity index (χ0n) is 11.0. The van der Waals surface area contributed by atoms with E-state index in [0.717, 1.165) is 34.6 Å². The maximum absolute atomic E-state index is 6.19. The Labute approximate surface area is 116 Å². The molecule has 1 aromatic carbocycles. The summed E-state index contributed by atoms with van der Waals surface area (Å²) >= 11 is 6.19. The summed E-state index contributed by atoms with van der Waals surface area (Å²) in [6, 6.07) is 1.86. The summed E-state index contributed by atoms with van der Waals surface area (Å²) in [5.41, 5.74) is 1.65. The van der Waals surface area contributed by atoms with Gasteiger partial charge < -0.3 is 14.4 Å². The fraction of sp³-hybridized carbons (Fsp3) is 0.385. The van der Waals surface area contributed by atoms with E-state index in [4.69, 9.17) is 21.1 Å². The molecule has 100 valence electrons. The normalized spacial score (nSPS) is 14.2. The lowest BCUT2D eigenvalue weighted by Crippen LogP contribution is -2.29. The first kappa shape index (κ1) is 12.3. The Kier molecular flexibility index (Phi) is 2.86. The van der Waals surface area contributed by atoms with Gasteiger partial charge in [0.25, 0.3) is 0 Å². The molecule has 1 aliphatic heterocycles. The lowest BCUT2D eigenvalue weighted by Gasteiger charge is -2.29. The molecule has 0 amide bonds. The van der Waals surface area contributed by atoms with Gasteiger partial charge in [-0.05, 0) is 13.0 Å². The van der Waals surface area contributed by atoms with Crippen molar-refractivity contribution in [1.29, 1.82) is 0 Å². The Balaban J connectivity index is 2.42. The number of halogens is 1. The molecule has 2 heterocycles. The summed E-state index contributed by atoms with van der Waals surface area (Å²) in [4.78, 5) is 10.7. The molecule has 1 aliphatic rings. The SMILES string of the molecule is COc1cc2c(Cl)nc(C)nc2c2c1N(C)CCO2. The number of nitrogens with zero attached hydrogens (tertiary/aromatic N) is 3. The zero-order valence-corrected chi connectivity index (χ0v) is 11.8. The monoisotopic (exact) mass is 279 g/mol. The van der Waals surface area contributed by atoms with Crippen molar-refractivity contribution in [2.45, 2.75) is 6.92 Å². The molecule has 0 fully saturated rings. The van der Waals surface area contributed by atoms with Crippen LogP contribution >= 0.6 is 11.6 Å². The molecule has 1 aromatic heterocycles. The number of aromatic nitrogens is 2. The van der Waals surface area contributed by atoms with Crippen molar-refractivity contribution >= 4 is 28.2 Å². The Morgan fingerprint density at radius 1 is 1.42 bits per heavy atom. The highest BCUT2D eigenvalue weighted by Crippen LogP contribution is 2.45. The Hall–Kier alpha value is -1.75. The zero-order chi connectivity index (χ0) is 13.6. The number of fused-ring (bicyclic) bond motifs is 3. The van der Waals surface area contributed by atoms with Gasteiger partial charge >= 0.3 is 0 Å². The van der Waals surface area contributed by atoms with Gasteiger partial charge in [0.1, 0.15) is 34.5 Å². The molecule has 0 aliphatic carbocycles. The first-order valence-electron chi connectivity index (χ1n) is 6.00. The molecular formula is C13H14ClN3O2. The predicted octanol–water partition coefficient (Wildman–Crippen LogP) is 2.43. The van der Waals surface area contributed by atoms with Crippen molar-refractivity contribution in [3.8, 4) is 11.5 Å². The topological polar surface area (TPSA) is 47.5 Å². The van der Waals surface area contributed by atoms with E-state index in [0.29, 0.717) is 17.6 Å². The van der Waals surface area contributed by atoms with Crippen LogP contribution in [0.15, 0.2) is 6.07 Å². The minimum absolute atomic E-state index is 0.417. The van der Waals surface area contributed by atoms with Crippen LogP contribution in [0.2, 0.25) is 5.15 Å². The number of aryl methyl sites for hydroxylation is 1. The highest BCUT2D eigenvalue weighted by molar-refractivity contribution is 6.34. The number of ether oxygens (including phenoxy) is 2.